The minimum Gasteiger partial charge on any atom is -0.497 e. The molecule has 4 aromatic rings. The molecule has 1 fully saturated rings. The van der Waals surface area contributed by atoms with Gasteiger partial charge in [0.25, 0.3) is 0 Å². The van der Waals surface area contributed by atoms with Crippen molar-refractivity contribution in [2.45, 2.75) is 18.9 Å². The van der Waals surface area contributed by atoms with Gasteiger partial charge in [0.1, 0.15) is 29.8 Å². The monoisotopic (exact) mass is 530 g/mol. The first-order valence-electron chi connectivity index (χ1n) is 12.4. The maximum atomic E-state index is 11.8. The van der Waals surface area contributed by atoms with Crippen LogP contribution in [0, 0.1) is 5.92 Å². The molecule has 2 heterocycles. The number of carbonyl (C=O) groups is 1. The normalized spacial score (nSPS) is 14.1. The number of nitrogens with zero attached hydrogens (tertiary/aromatic N) is 2. The Labute approximate surface area is 225 Å². The van der Waals surface area contributed by atoms with Gasteiger partial charge in [-0.25, -0.2) is 9.78 Å². The molecule has 7 nitrogen and oxygen atoms in total. The lowest BCUT2D eigenvalue weighted by Crippen LogP contribution is -2.18. The van der Waals surface area contributed by atoms with E-state index in [1.54, 1.807) is 12.1 Å². The molecule has 1 N–H and O–H groups in total. The van der Waals surface area contributed by atoms with Crippen LogP contribution in [0.4, 0.5) is 0 Å². The lowest BCUT2D eigenvalue weighted by atomic mass is 10.1. The van der Waals surface area contributed by atoms with Crippen LogP contribution in [0.3, 0.4) is 0 Å². The number of methoxy groups -OCH3 is 1. The smallest absolute Gasteiger partial charge is 0.339 e. The number of hydrogen-bond donors (Lipinski definition) is 1. The minimum atomic E-state index is -1.09. The Bertz CT molecular complexity index is 1480. The van der Waals surface area contributed by atoms with E-state index in [0.29, 0.717) is 29.0 Å². The maximum Gasteiger partial charge on any atom is 0.339 e. The van der Waals surface area contributed by atoms with Gasteiger partial charge in [-0.2, -0.15) is 0 Å². The summed E-state index contributed by atoms with van der Waals surface area (Å²) in [5.74, 6) is 0.145. The van der Waals surface area contributed by atoms with E-state index in [1.807, 2.05) is 60.7 Å². The predicted octanol–water partition coefficient (Wildman–Crippen LogP) is 6.71. The van der Waals surface area contributed by atoms with Crippen LogP contribution in [-0.4, -0.2) is 41.4 Å². The lowest BCUT2D eigenvalue weighted by Gasteiger charge is -2.19. The highest BCUT2D eigenvalue weighted by Gasteiger charge is 2.25. The van der Waals surface area contributed by atoms with E-state index in [0.717, 1.165) is 35.1 Å². The molecule has 0 radical (unpaired) electrons. The number of pyridine rings is 2. The quantitative estimate of drug-likeness (QED) is 0.230. The van der Waals surface area contributed by atoms with Gasteiger partial charge in [-0.3, -0.25) is 4.98 Å². The molecule has 0 amide bonds. The molecule has 0 bridgehead atoms. The van der Waals surface area contributed by atoms with E-state index in [2.05, 4.69) is 4.98 Å². The van der Waals surface area contributed by atoms with Crippen molar-refractivity contribution in [3.63, 3.8) is 0 Å². The Morgan fingerprint density at radius 3 is 2.61 bits per heavy atom. The first-order valence-corrected chi connectivity index (χ1v) is 12.7. The summed E-state index contributed by atoms with van der Waals surface area (Å²) in [4.78, 5) is 21.2. The average molecular weight is 531 g/mol. The second kappa shape index (κ2) is 11.6. The van der Waals surface area contributed by atoms with Crippen molar-refractivity contribution in [1.82, 2.24) is 9.97 Å². The summed E-state index contributed by atoms with van der Waals surface area (Å²) < 4.78 is 17.3. The van der Waals surface area contributed by atoms with Crippen LogP contribution >= 0.6 is 11.6 Å². The zero-order valence-electron chi connectivity index (χ0n) is 20.8. The SMILES string of the molecule is COc1ccc(OCC(OCC2CC2)c2cccc(/C=C/c3ccc4ccc(Cl)cc4n3)n2)c(C(=O)O)c1. The Balaban J connectivity index is 1.34. The number of aromatic nitrogens is 2. The summed E-state index contributed by atoms with van der Waals surface area (Å²) in [5, 5.41) is 11.3. The maximum absolute atomic E-state index is 11.8. The number of ether oxygens (including phenoxy) is 3. The van der Waals surface area contributed by atoms with Crippen molar-refractivity contribution in [3.8, 4) is 11.5 Å². The molecule has 1 unspecified atom stereocenters. The molecule has 1 aliphatic carbocycles. The van der Waals surface area contributed by atoms with Gasteiger partial charge in [0.2, 0.25) is 0 Å². The van der Waals surface area contributed by atoms with Gasteiger partial charge >= 0.3 is 5.97 Å². The molecule has 0 spiro atoms. The molecule has 1 atom stereocenters. The van der Waals surface area contributed by atoms with Gasteiger partial charge in [-0.05, 0) is 79.4 Å². The van der Waals surface area contributed by atoms with E-state index in [1.165, 1.54) is 13.2 Å². The van der Waals surface area contributed by atoms with Gasteiger partial charge in [-0.15, -0.1) is 0 Å². The second-order valence-electron chi connectivity index (χ2n) is 9.14. The van der Waals surface area contributed by atoms with Gasteiger partial charge in [0, 0.05) is 10.4 Å². The molecule has 0 saturated heterocycles. The molecule has 0 aliphatic heterocycles. The molecule has 2 aromatic heterocycles. The van der Waals surface area contributed by atoms with Crippen molar-refractivity contribution in [1.29, 1.82) is 0 Å². The van der Waals surface area contributed by atoms with Crippen LogP contribution in [0.15, 0.2) is 66.7 Å². The van der Waals surface area contributed by atoms with Crippen LogP contribution in [0.5, 0.6) is 11.5 Å². The number of halogens is 1. The lowest BCUT2D eigenvalue weighted by molar-refractivity contribution is 0.0103. The molecule has 1 saturated carbocycles. The predicted molar refractivity (Wildman–Crippen MR) is 147 cm³/mol. The zero-order chi connectivity index (χ0) is 26.5. The summed E-state index contributed by atoms with van der Waals surface area (Å²) in [5.41, 5.74) is 3.09. The minimum absolute atomic E-state index is 0.0270. The summed E-state index contributed by atoms with van der Waals surface area (Å²) in [6, 6.07) is 20.0. The molecule has 38 heavy (non-hydrogen) atoms. The van der Waals surface area contributed by atoms with Crippen LogP contribution in [0.1, 0.15) is 46.4 Å². The number of benzene rings is 2. The summed E-state index contributed by atoms with van der Waals surface area (Å²) in [6.07, 6.45) is 5.63. The Kier molecular flexibility index (Phi) is 7.86. The number of aromatic carboxylic acids is 1. The highest BCUT2D eigenvalue weighted by molar-refractivity contribution is 6.31. The summed E-state index contributed by atoms with van der Waals surface area (Å²) >= 11 is 6.12. The fourth-order valence-corrected chi connectivity index (χ4v) is 4.13. The fraction of sp³-hybridized carbons (Fsp3) is 0.233. The van der Waals surface area contributed by atoms with Gasteiger partial charge in [0.15, 0.2) is 0 Å². The third-order valence-electron chi connectivity index (χ3n) is 6.26. The van der Waals surface area contributed by atoms with Crippen molar-refractivity contribution in [2.24, 2.45) is 5.92 Å². The number of carboxylic acids is 1. The molecule has 2 aromatic carbocycles. The molecule has 8 heteroatoms. The Morgan fingerprint density at radius 2 is 1.84 bits per heavy atom. The highest BCUT2D eigenvalue weighted by Crippen LogP contribution is 2.32. The first-order chi connectivity index (χ1) is 18.5. The highest BCUT2D eigenvalue weighted by atomic mass is 35.5. The fourth-order valence-electron chi connectivity index (χ4n) is 3.96. The number of carboxylic acid groups (broad SMARTS) is 1. The molecular formula is C30H27ClN2O5. The topological polar surface area (TPSA) is 90.8 Å². The van der Waals surface area contributed by atoms with Gasteiger partial charge in [-0.1, -0.05) is 29.8 Å². The van der Waals surface area contributed by atoms with E-state index >= 15 is 0 Å². The third kappa shape index (κ3) is 6.49. The summed E-state index contributed by atoms with van der Waals surface area (Å²) in [7, 11) is 1.49. The number of fused-ring (bicyclic) bond motifs is 1. The van der Waals surface area contributed by atoms with Crippen molar-refractivity contribution >= 4 is 40.6 Å². The number of rotatable bonds is 11. The standard InChI is InChI=1S/C30H27ClN2O5/c1-36-24-13-14-28(25(16-24)30(34)35)38-18-29(37-17-19-5-6-19)26-4-2-3-22(32-26)11-12-23-10-8-20-7-9-21(31)15-27(20)33-23/h2-4,7-16,19,29H,5-6,17-18H2,1H3,(H,34,35)/b12-11+. The second-order valence-corrected chi connectivity index (χ2v) is 9.57. The van der Waals surface area contributed by atoms with Gasteiger partial charge in [0.05, 0.1) is 36.3 Å². The van der Waals surface area contributed by atoms with Crippen molar-refractivity contribution < 1.29 is 24.1 Å². The summed E-state index contributed by atoms with van der Waals surface area (Å²) in [6.45, 7) is 0.722. The first kappa shape index (κ1) is 25.7. The average Bonchev–Trinajstić information content (AvgIpc) is 3.76. The molecule has 1 aliphatic rings. The Morgan fingerprint density at radius 1 is 1.05 bits per heavy atom. The molecule has 194 valence electrons. The van der Waals surface area contributed by atoms with Crippen LogP contribution in [0.2, 0.25) is 5.02 Å². The third-order valence-corrected chi connectivity index (χ3v) is 6.50. The Hall–Kier alpha value is -3.94. The van der Waals surface area contributed by atoms with Crippen molar-refractivity contribution in [3.05, 3.63) is 94.4 Å². The van der Waals surface area contributed by atoms with E-state index in [-0.39, 0.29) is 17.9 Å². The molecule has 5 rings (SSSR count). The van der Waals surface area contributed by atoms with Crippen LogP contribution in [0.25, 0.3) is 23.1 Å². The molecular weight excluding hydrogens is 504 g/mol. The van der Waals surface area contributed by atoms with E-state index in [9.17, 15) is 9.90 Å². The van der Waals surface area contributed by atoms with Crippen LogP contribution in [-0.2, 0) is 4.74 Å². The number of hydrogen-bond acceptors (Lipinski definition) is 6. The van der Waals surface area contributed by atoms with Crippen LogP contribution < -0.4 is 9.47 Å². The van der Waals surface area contributed by atoms with E-state index < -0.39 is 12.1 Å². The van der Waals surface area contributed by atoms with Crippen molar-refractivity contribution in [2.75, 3.05) is 20.3 Å². The van der Waals surface area contributed by atoms with Gasteiger partial charge < -0.3 is 19.3 Å². The largest absolute Gasteiger partial charge is 0.497 e. The zero-order valence-corrected chi connectivity index (χ0v) is 21.6. The van der Waals surface area contributed by atoms with E-state index in [4.69, 9.17) is 30.8 Å².